The summed E-state index contributed by atoms with van der Waals surface area (Å²) >= 11 is 0. The third kappa shape index (κ3) is 5.58. The van der Waals surface area contributed by atoms with Gasteiger partial charge in [-0.2, -0.15) is 0 Å². The highest BCUT2D eigenvalue weighted by Crippen LogP contribution is 2.37. The van der Waals surface area contributed by atoms with Gasteiger partial charge in [-0.3, -0.25) is 4.79 Å². The molecule has 1 amide bonds. The molecular formula is C26H29N5O3. The van der Waals surface area contributed by atoms with Gasteiger partial charge in [0, 0.05) is 42.0 Å². The van der Waals surface area contributed by atoms with Crippen molar-refractivity contribution in [1.82, 2.24) is 14.9 Å². The first-order chi connectivity index (χ1) is 16.4. The predicted molar refractivity (Wildman–Crippen MR) is 133 cm³/mol. The average molecular weight is 460 g/mol. The number of anilines is 3. The van der Waals surface area contributed by atoms with Gasteiger partial charge in [-0.05, 0) is 69.3 Å². The fourth-order valence-electron chi connectivity index (χ4n) is 3.97. The first kappa shape index (κ1) is 23.4. The third-order valence-corrected chi connectivity index (χ3v) is 5.64. The summed E-state index contributed by atoms with van der Waals surface area (Å²) in [6.07, 6.45) is 5.58. The second-order valence-electron chi connectivity index (χ2n) is 8.61. The summed E-state index contributed by atoms with van der Waals surface area (Å²) in [7, 11) is 3.91. The van der Waals surface area contributed by atoms with E-state index in [-0.39, 0.29) is 0 Å². The average Bonchev–Trinajstić information content (AvgIpc) is 3.23. The van der Waals surface area contributed by atoms with E-state index in [1.54, 1.807) is 12.4 Å². The molecule has 0 bridgehead atoms. The largest absolute Gasteiger partial charge is 0.462 e. The summed E-state index contributed by atoms with van der Waals surface area (Å²) < 4.78 is 5.11. The van der Waals surface area contributed by atoms with Crippen LogP contribution in [0.4, 0.5) is 17.2 Å². The Morgan fingerprint density at radius 3 is 2.82 bits per heavy atom. The lowest BCUT2D eigenvalue weighted by Gasteiger charge is -2.20. The maximum Gasteiger partial charge on any atom is 0.330 e. The summed E-state index contributed by atoms with van der Waals surface area (Å²) in [6, 6.07) is 12.0. The summed E-state index contributed by atoms with van der Waals surface area (Å²) in [6.45, 7) is 4.06. The molecule has 1 aromatic heterocycles. The molecule has 0 spiro atoms. The molecule has 176 valence electrons. The number of amides is 1. The molecule has 0 fully saturated rings. The summed E-state index contributed by atoms with van der Waals surface area (Å²) in [5, 5.41) is 3.65. The third-order valence-electron chi connectivity index (χ3n) is 5.64. The number of nitrogens with zero attached hydrogens (tertiary/aromatic N) is 4. The Balaban J connectivity index is 1.46. The molecule has 8 heteroatoms. The van der Waals surface area contributed by atoms with E-state index in [4.69, 9.17) is 4.74 Å². The molecular weight excluding hydrogens is 430 g/mol. The number of benzene rings is 2. The number of esters is 1. The monoisotopic (exact) mass is 459 g/mol. The zero-order valence-corrected chi connectivity index (χ0v) is 19.7. The predicted octanol–water partition coefficient (Wildman–Crippen LogP) is 3.62. The number of nitrogens with one attached hydrogen (secondary N) is 1. The van der Waals surface area contributed by atoms with E-state index in [9.17, 15) is 9.59 Å². The Bertz CT molecular complexity index is 1240. The second kappa shape index (κ2) is 10.4. The molecule has 8 nitrogen and oxygen atoms in total. The van der Waals surface area contributed by atoms with Crippen molar-refractivity contribution in [2.75, 3.05) is 44.0 Å². The van der Waals surface area contributed by atoms with Crippen LogP contribution in [-0.2, 0) is 20.7 Å². The van der Waals surface area contributed by atoms with Gasteiger partial charge in [0.1, 0.15) is 12.1 Å². The highest BCUT2D eigenvalue weighted by Gasteiger charge is 2.23. The summed E-state index contributed by atoms with van der Waals surface area (Å²) in [5.74, 6) is -0.140. The van der Waals surface area contributed by atoms with E-state index in [1.807, 2.05) is 31.1 Å². The SMILES string of the molecule is Cc1ccc2c(c1)N(c1ncnc3ccc(NC(=O)C=CC(=O)OCCCN(C)C)cc13)CC2. The summed E-state index contributed by atoms with van der Waals surface area (Å²) in [5.41, 5.74) is 5.03. The van der Waals surface area contributed by atoms with Gasteiger partial charge in [0.2, 0.25) is 5.91 Å². The number of aromatic nitrogens is 2. The Kier molecular flexibility index (Phi) is 7.18. The number of carbonyl (C=O) groups is 2. The van der Waals surface area contributed by atoms with E-state index in [0.29, 0.717) is 12.3 Å². The van der Waals surface area contributed by atoms with Gasteiger partial charge in [-0.15, -0.1) is 0 Å². The maximum atomic E-state index is 12.4. The molecule has 2 aromatic carbocycles. The molecule has 0 atom stereocenters. The minimum absolute atomic E-state index is 0.315. The fourth-order valence-corrected chi connectivity index (χ4v) is 3.97. The molecule has 0 unspecified atom stereocenters. The molecule has 4 rings (SSSR count). The van der Waals surface area contributed by atoms with Gasteiger partial charge in [-0.1, -0.05) is 12.1 Å². The van der Waals surface area contributed by atoms with Gasteiger partial charge in [-0.25, -0.2) is 14.8 Å². The lowest BCUT2D eigenvalue weighted by molar-refractivity contribution is -0.138. The van der Waals surface area contributed by atoms with Crippen LogP contribution in [0.1, 0.15) is 17.5 Å². The van der Waals surface area contributed by atoms with Crippen LogP contribution < -0.4 is 10.2 Å². The number of hydrogen-bond acceptors (Lipinski definition) is 7. The smallest absolute Gasteiger partial charge is 0.330 e. The van der Waals surface area contributed by atoms with Gasteiger partial charge >= 0.3 is 5.97 Å². The van der Waals surface area contributed by atoms with Crippen LogP contribution in [0.3, 0.4) is 0 Å². The highest BCUT2D eigenvalue weighted by atomic mass is 16.5. The van der Waals surface area contributed by atoms with Crippen LogP contribution in [0.5, 0.6) is 0 Å². The Hall–Kier alpha value is -3.78. The molecule has 0 saturated heterocycles. The molecule has 34 heavy (non-hydrogen) atoms. The zero-order chi connectivity index (χ0) is 24.1. The van der Waals surface area contributed by atoms with Gasteiger partial charge in [0.25, 0.3) is 0 Å². The maximum absolute atomic E-state index is 12.4. The van der Waals surface area contributed by atoms with Crippen molar-refractivity contribution in [3.05, 3.63) is 66.0 Å². The van der Waals surface area contributed by atoms with Crippen molar-refractivity contribution in [3.8, 4) is 0 Å². The fraction of sp³-hybridized carbons (Fsp3) is 0.308. The van der Waals surface area contributed by atoms with Crippen LogP contribution in [0, 0.1) is 6.92 Å². The van der Waals surface area contributed by atoms with Crippen LogP contribution in [0.2, 0.25) is 0 Å². The number of fused-ring (bicyclic) bond motifs is 2. The first-order valence-corrected chi connectivity index (χ1v) is 11.3. The van der Waals surface area contributed by atoms with Crippen molar-refractivity contribution in [2.45, 2.75) is 19.8 Å². The molecule has 0 radical (unpaired) electrons. The van der Waals surface area contributed by atoms with E-state index >= 15 is 0 Å². The van der Waals surface area contributed by atoms with Gasteiger partial charge in [0.15, 0.2) is 0 Å². The van der Waals surface area contributed by atoms with Crippen molar-refractivity contribution >= 4 is 40.0 Å². The highest BCUT2D eigenvalue weighted by molar-refractivity contribution is 6.04. The first-order valence-electron chi connectivity index (χ1n) is 11.3. The number of ether oxygens (including phenoxy) is 1. The van der Waals surface area contributed by atoms with Crippen LogP contribution in [0.25, 0.3) is 10.9 Å². The molecule has 2 heterocycles. The van der Waals surface area contributed by atoms with Crippen LogP contribution in [-0.4, -0.2) is 60.5 Å². The lowest BCUT2D eigenvalue weighted by atomic mass is 10.1. The van der Waals surface area contributed by atoms with Crippen LogP contribution in [0.15, 0.2) is 54.9 Å². The molecule has 1 N–H and O–H groups in total. The van der Waals surface area contributed by atoms with Crippen molar-refractivity contribution in [3.63, 3.8) is 0 Å². The number of aryl methyl sites for hydroxylation is 1. The van der Waals surface area contributed by atoms with Crippen molar-refractivity contribution < 1.29 is 14.3 Å². The Labute approximate surface area is 199 Å². The van der Waals surface area contributed by atoms with Crippen molar-refractivity contribution in [2.24, 2.45) is 0 Å². The topological polar surface area (TPSA) is 87.7 Å². The van der Waals surface area contributed by atoms with E-state index < -0.39 is 11.9 Å². The van der Waals surface area contributed by atoms with E-state index in [1.165, 1.54) is 17.2 Å². The molecule has 0 saturated carbocycles. The quantitative estimate of drug-likeness (QED) is 0.313. The number of rotatable bonds is 8. The Morgan fingerprint density at radius 1 is 1.15 bits per heavy atom. The minimum atomic E-state index is -0.536. The molecule has 1 aliphatic rings. The standard InChI is InChI=1S/C26H29N5O3/c1-18-5-6-19-11-13-31(23(19)15-18)26-21-16-20(7-8-22(21)27-17-28-26)29-24(32)9-10-25(33)34-14-4-12-30(2)3/h5-10,15-17H,4,11-14H2,1-3H3,(H,29,32). The minimum Gasteiger partial charge on any atom is -0.462 e. The lowest BCUT2D eigenvalue weighted by Crippen LogP contribution is -2.16. The zero-order valence-electron chi connectivity index (χ0n) is 19.7. The number of carbonyl (C=O) groups excluding carboxylic acids is 2. The van der Waals surface area contributed by atoms with Crippen molar-refractivity contribution in [1.29, 1.82) is 0 Å². The van der Waals surface area contributed by atoms with Gasteiger partial charge in [0.05, 0.1) is 12.1 Å². The molecule has 3 aromatic rings. The normalized spacial score (nSPS) is 13.0. The molecule has 1 aliphatic heterocycles. The van der Waals surface area contributed by atoms with Crippen LogP contribution >= 0.6 is 0 Å². The van der Waals surface area contributed by atoms with E-state index in [2.05, 4.69) is 45.3 Å². The summed E-state index contributed by atoms with van der Waals surface area (Å²) in [4.78, 5) is 37.3. The Morgan fingerprint density at radius 2 is 2.00 bits per heavy atom. The van der Waals surface area contributed by atoms with E-state index in [0.717, 1.165) is 54.4 Å². The molecule has 0 aliphatic carbocycles. The number of hydrogen-bond donors (Lipinski definition) is 1. The second-order valence-corrected chi connectivity index (χ2v) is 8.61. The van der Waals surface area contributed by atoms with Gasteiger partial charge < -0.3 is 19.9 Å².